The first-order valence-corrected chi connectivity index (χ1v) is 8.62. The predicted molar refractivity (Wildman–Crippen MR) is 95.0 cm³/mol. The number of nitrogens with one attached hydrogen (secondary N) is 2. The van der Waals surface area contributed by atoms with Crippen molar-refractivity contribution in [3.8, 4) is 0 Å². The van der Waals surface area contributed by atoms with Crippen molar-refractivity contribution in [3.63, 3.8) is 0 Å². The highest BCUT2D eigenvalue weighted by Crippen LogP contribution is 2.25. The van der Waals surface area contributed by atoms with Crippen LogP contribution in [0, 0.1) is 0 Å². The minimum atomic E-state index is 0.658. The van der Waals surface area contributed by atoms with E-state index in [2.05, 4.69) is 27.8 Å². The molecule has 0 unspecified atom stereocenters. The molecule has 1 aromatic heterocycles. The highest BCUT2D eigenvalue weighted by molar-refractivity contribution is 7.80. The molecule has 5 heteroatoms. The van der Waals surface area contributed by atoms with Crippen LogP contribution < -0.4 is 10.6 Å². The Bertz CT molecular complexity index is 627. The van der Waals surface area contributed by atoms with Crippen molar-refractivity contribution < 1.29 is 0 Å². The number of anilines is 1. The van der Waals surface area contributed by atoms with E-state index in [1.807, 2.05) is 18.2 Å². The highest BCUT2D eigenvalue weighted by atomic mass is 32.1. The summed E-state index contributed by atoms with van der Waals surface area (Å²) >= 11 is 6.96. The van der Waals surface area contributed by atoms with E-state index in [1.54, 1.807) is 16.9 Å². The molecule has 21 heavy (non-hydrogen) atoms. The normalized spacial score (nSPS) is 14.8. The monoisotopic (exact) mass is 317 g/mol. The summed E-state index contributed by atoms with van der Waals surface area (Å²) < 4.78 is 1.18. The number of rotatable bonds is 4. The van der Waals surface area contributed by atoms with Crippen LogP contribution in [0.15, 0.2) is 35.9 Å². The van der Waals surface area contributed by atoms with Gasteiger partial charge >= 0.3 is 0 Å². The number of thiazole rings is 1. The molecule has 0 aliphatic heterocycles. The lowest BCUT2D eigenvalue weighted by molar-refractivity contribution is 0.669. The molecule has 1 heterocycles. The zero-order valence-electron chi connectivity index (χ0n) is 11.9. The molecule has 0 spiro atoms. The van der Waals surface area contributed by atoms with Crippen molar-refractivity contribution in [1.82, 2.24) is 10.3 Å². The zero-order chi connectivity index (χ0) is 14.5. The van der Waals surface area contributed by atoms with Gasteiger partial charge in [-0.3, -0.25) is 0 Å². The van der Waals surface area contributed by atoms with Gasteiger partial charge in [0.1, 0.15) is 0 Å². The third-order valence-electron chi connectivity index (χ3n) is 3.63. The Morgan fingerprint density at radius 1 is 1.29 bits per heavy atom. The molecular weight excluding hydrogens is 298 g/mol. The van der Waals surface area contributed by atoms with E-state index in [-0.39, 0.29) is 0 Å². The number of benzene rings is 1. The van der Waals surface area contributed by atoms with Gasteiger partial charge in [-0.25, -0.2) is 4.98 Å². The summed E-state index contributed by atoms with van der Waals surface area (Å²) in [7, 11) is 0. The molecule has 0 saturated heterocycles. The Morgan fingerprint density at radius 3 is 3.00 bits per heavy atom. The Labute approximate surface area is 134 Å². The summed E-state index contributed by atoms with van der Waals surface area (Å²) in [6.45, 7) is 0.891. The van der Waals surface area contributed by atoms with Gasteiger partial charge in [0.2, 0.25) is 0 Å². The van der Waals surface area contributed by atoms with Crippen LogP contribution in [-0.2, 0) is 0 Å². The van der Waals surface area contributed by atoms with E-state index in [4.69, 9.17) is 12.2 Å². The molecule has 0 amide bonds. The Kier molecular flexibility index (Phi) is 4.83. The lowest BCUT2D eigenvalue weighted by atomic mass is 9.97. The molecule has 0 saturated carbocycles. The highest BCUT2D eigenvalue weighted by Gasteiger charge is 2.06. The fourth-order valence-electron chi connectivity index (χ4n) is 2.54. The van der Waals surface area contributed by atoms with E-state index in [1.165, 1.54) is 30.4 Å². The third-order valence-corrected chi connectivity index (χ3v) is 4.83. The van der Waals surface area contributed by atoms with Gasteiger partial charge in [-0.1, -0.05) is 35.1 Å². The first-order chi connectivity index (χ1) is 10.3. The number of allylic oxidation sites excluding steroid dienone is 1. The lowest BCUT2D eigenvalue weighted by Gasteiger charge is -2.13. The molecule has 2 aromatic rings. The quantitative estimate of drug-likeness (QED) is 0.644. The number of nitrogens with zero attached hydrogens (tertiary/aromatic N) is 1. The van der Waals surface area contributed by atoms with Gasteiger partial charge in [-0.05, 0) is 56.5 Å². The molecule has 0 atom stereocenters. The Hall–Kier alpha value is -1.46. The fraction of sp³-hybridized carbons (Fsp3) is 0.375. The van der Waals surface area contributed by atoms with Crippen LogP contribution in [0.2, 0.25) is 0 Å². The standard InChI is InChI=1S/C16H19N3S2/c20-15(17-11-10-12-6-2-1-3-7-12)19-16-18-13-8-4-5-9-14(13)21-16/h4-6,8-9H,1-3,7,10-11H2,(H2,17,18,19,20). The van der Waals surface area contributed by atoms with Crippen LogP contribution >= 0.6 is 23.6 Å². The van der Waals surface area contributed by atoms with Gasteiger partial charge in [0, 0.05) is 6.54 Å². The third kappa shape index (κ3) is 4.02. The van der Waals surface area contributed by atoms with Crippen LogP contribution in [0.25, 0.3) is 10.2 Å². The minimum Gasteiger partial charge on any atom is -0.362 e. The number of hydrogen-bond donors (Lipinski definition) is 2. The first-order valence-electron chi connectivity index (χ1n) is 7.39. The first kappa shape index (κ1) is 14.5. The van der Waals surface area contributed by atoms with Gasteiger partial charge in [-0.15, -0.1) is 0 Å². The van der Waals surface area contributed by atoms with Crippen molar-refractivity contribution >= 4 is 44.0 Å². The summed E-state index contributed by atoms with van der Waals surface area (Å²) in [6.07, 6.45) is 8.63. The molecule has 1 aromatic carbocycles. The van der Waals surface area contributed by atoms with Crippen molar-refractivity contribution in [3.05, 3.63) is 35.9 Å². The molecular formula is C16H19N3S2. The molecule has 1 aliphatic rings. The van der Waals surface area contributed by atoms with Crippen molar-refractivity contribution in [2.24, 2.45) is 0 Å². The van der Waals surface area contributed by atoms with Crippen LogP contribution in [0.4, 0.5) is 5.13 Å². The van der Waals surface area contributed by atoms with Gasteiger partial charge in [0.25, 0.3) is 0 Å². The van der Waals surface area contributed by atoms with Crippen LogP contribution in [0.5, 0.6) is 0 Å². The lowest BCUT2D eigenvalue weighted by Crippen LogP contribution is -2.29. The largest absolute Gasteiger partial charge is 0.362 e. The fourth-order valence-corrected chi connectivity index (χ4v) is 3.67. The molecule has 0 bridgehead atoms. The summed E-state index contributed by atoms with van der Waals surface area (Å²) in [4.78, 5) is 4.52. The topological polar surface area (TPSA) is 37.0 Å². The second kappa shape index (κ2) is 7.00. The van der Waals surface area contributed by atoms with Gasteiger partial charge in [0.05, 0.1) is 10.2 Å². The predicted octanol–water partition coefficient (Wildman–Crippen LogP) is 4.47. The second-order valence-corrected chi connectivity index (χ2v) is 6.66. The van der Waals surface area contributed by atoms with E-state index >= 15 is 0 Å². The average molecular weight is 317 g/mol. The van der Waals surface area contributed by atoms with Gasteiger partial charge < -0.3 is 10.6 Å². The summed E-state index contributed by atoms with van der Waals surface area (Å²) in [5, 5.41) is 7.96. The molecule has 2 N–H and O–H groups in total. The van der Waals surface area contributed by atoms with Crippen LogP contribution in [0.1, 0.15) is 32.1 Å². The van der Waals surface area contributed by atoms with E-state index < -0.39 is 0 Å². The summed E-state index contributed by atoms with van der Waals surface area (Å²) in [5.41, 5.74) is 2.58. The van der Waals surface area contributed by atoms with E-state index in [0.717, 1.165) is 23.6 Å². The SMILES string of the molecule is S=C(NCCC1=CCCCC1)Nc1nc2ccccc2s1. The average Bonchev–Trinajstić information content (AvgIpc) is 2.90. The summed E-state index contributed by atoms with van der Waals surface area (Å²) in [6, 6.07) is 8.12. The van der Waals surface area contributed by atoms with Crippen molar-refractivity contribution in [2.45, 2.75) is 32.1 Å². The number of hydrogen-bond acceptors (Lipinski definition) is 3. The molecule has 110 valence electrons. The molecule has 3 nitrogen and oxygen atoms in total. The number of fused-ring (bicyclic) bond motifs is 1. The second-order valence-electron chi connectivity index (χ2n) is 5.23. The Balaban J connectivity index is 1.48. The number of aromatic nitrogens is 1. The maximum Gasteiger partial charge on any atom is 0.190 e. The maximum absolute atomic E-state index is 5.33. The minimum absolute atomic E-state index is 0.658. The molecule has 0 fully saturated rings. The molecule has 3 rings (SSSR count). The maximum atomic E-state index is 5.33. The van der Waals surface area contributed by atoms with Gasteiger partial charge in [-0.2, -0.15) is 0 Å². The van der Waals surface area contributed by atoms with E-state index in [9.17, 15) is 0 Å². The van der Waals surface area contributed by atoms with E-state index in [0.29, 0.717) is 5.11 Å². The van der Waals surface area contributed by atoms with Gasteiger partial charge in [0.15, 0.2) is 10.2 Å². The molecule has 1 aliphatic carbocycles. The zero-order valence-corrected chi connectivity index (χ0v) is 13.5. The Morgan fingerprint density at radius 2 is 2.19 bits per heavy atom. The number of para-hydroxylation sites is 1. The number of thiocarbonyl (C=S) groups is 1. The van der Waals surface area contributed by atoms with Crippen LogP contribution in [-0.4, -0.2) is 16.6 Å². The summed E-state index contributed by atoms with van der Waals surface area (Å²) in [5.74, 6) is 0. The van der Waals surface area contributed by atoms with Crippen LogP contribution in [0.3, 0.4) is 0 Å². The smallest absolute Gasteiger partial charge is 0.190 e. The van der Waals surface area contributed by atoms with Crippen molar-refractivity contribution in [1.29, 1.82) is 0 Å². The van der Waals surface area contributed by atoms with Crippen molar-refractivity contribution in [2.75, 3.05) is 11.9 Å². The molecule has 0 radical (unpaired) electrons.